The average Bonchev–Trinajstić information content (AvgIpc) is 2.36. The van der Waals surface area contributed by atoms with Crippen LogP contribution < -0.4 is 15.4 Å². The minimum atomic E-state index is -0.373. The standard InChI is InChI=1S/C15H23FN2O2/c1-5-15(2,3)18-14(19)10-20-13-7-11(9-17-4)6-12(16)8-13/h6-8,17H,5,9-10H2,1-4H3,(H,18,19). The van der Waals surface area contributed by atoms with Gasteiger partial charge in [0.25, 0.3) is 5.91 Å². The first-order valence-electron chi connectivity index (χ1n) is 6.74. The smallest absolute Gasteiger partial charge is 0.258 e. The minimum Gasteiger partial charge on any atom is -0.484 e. The molecule has 0 spiro atoms. The Balaban J connectivity index is 2.59. The molecule has 112 valence electrons. The van der Waals surface area contributed by atoms with E-state index in [-0.39, 0.29) is 23.9 Å². The summed E-state index contributed by atoms with van der Waals surface area (Å²) in [7, 11) is 1.78. The molecule has 1 aromatic rings. The normalized spacial score (nSPS) is 11.2. The Bertz CT molecular complexity index is 461. The van der Waals surface area contributed by atoms with E-state index < -0.39 is 0 Å². The van der Waals surface area contributed by atoms with Gasteiger partial charge in [-0.1, -0.05) is 6.92 Å². The van der Waals surface area contributed by atoms with Crippen LogP contribution in [0.2, 0.25) is 0 Å². The van der Waals surface area contributed by atoms with Crippen LogP contribution in [0.4, 0.5) is 4.39 Å². The number of carbonyl (C=O) groups excluding carboxylic acids is 1. The van der Waals surface area contributed by atoms with Crippen molar-refractivity contribution >= 4 is 5.91 Å². The summed E-state index contributed by atoms with van der Waals surface area (Å²) in [4.78, 5) is 11.7. The van der Waals surface area contributed by atoms with Crippen LogP contribution in [0, 0.1) is 5.82 Å². The maximum atomic E-state index is 13.4. The Morgan fingerprint density at radius 1 is 1.35 bits per heavy atom. The van der Waals surface area contributed by atoms with Gasteiger partial charge in [-0.05, 0) is 45.0 Å². The zero-order chi connectivity index (χ0) is 15.2. The zero-order valence-electron chi connectivity index (χ0n) is 12.5. The summed E-state index contributed by atoms with van der Waals surface area (Å²) in [5, 5.41) is 5.80. The minimum absolute atomic E-state index is 0.119. The van der Waals surface area contributed by atoms with Gasteiger partial charge >= 0.3 is 0 Å². The number of hydrogen-bond acceptors (Lipinski definition) is 3. The third kappa shape index (κ3) is 5.57. The molecule has 0 aromatic heterocycles. The second kappa shape index (κ2) is 7.24. The van der Waals surface area contributed by atoms with E-state index >= 15 is 0 Å². The van der Waals surface area contributed by atoms with E-state index in [1.165, 1.54) is 12.1 Å². The molecule has 0 saturated heterocycles. The summed E-state index contributed by atoms with van der Waals surface area (Å²) in [6.45, 7) is 6.31. The Labute approximate surface area is 119 Å². The Morgan fingerprint density at radius 2 is 2.05 bits per heavy atom. The molecule has 4 nitrogen and oxygen atoms in total. The van der Waals surface area contributed by atoms with Gasteiger partial charge in [-0.15, -0.1) is 0 Å². The summed E-state index contributed by atoms with van der Waals surface area (Å²) < 4.78 is 18.7. The van der Waals surface area contributed by atoms with Gasteiger partial charge in [-0.25, -0.2) is 4.39 Å². The molecule has 0 aliphatic carbocycles. The zero-order valence-corrected chi connectivity index (χ0v) is 12.5. The van der Waals surface area contributed by atoms with Crippen LogP contribution in [0.15, 0.2) is 18.2 Å². The van der Waals surface area contributed by atoms with Crippen molar-refractivity contribution in [3.05, 3.63) is 29.6 Å². The van der Waals surface area contributed by atoms with Gasteiger partial charge in [0.1, 0.15) is 11.6 Å². The second-order valence-electron chi connectivity index (χ2n) is 5.40. The average molecular weight is 282 g/mol. The van der Waals surface area contributed by atoms with Gasteiger partial charge in [0.05, 0.1) is 0 Å². The van der Waals surface area contributed by atoms with Gasteiger partial charge in [0.2, 0.25) is 0 Å². The predicted octanol–water partition coefficient (Wildman–Crippen LogP) is 2.23. The van der Waals surface area contributed by atoms with Crippen molar-refractivity contribution in [2.75, 3.05) is 13.7 Å². The highest BCUT2D eigenvalue weighted by molar-refractivity contribution is 5.78. The van der Waals surface area contributed by atoms with Crippen molar-refractivity contribution in [3.63, 3.8) is 0 Å². The maximum absolute atomic E-state index is 13.4. The molecule has 1 amide bonds. The molecule has 5 heteroatoms. The number of ether oxygens (including phenoxy) is 1. The number of rotatable bonds is 7. The summed E-state index contributed by atoms with van der Waals surface area (Å²) >= 11 is 0. The lowest BCUT2D eigenvalue weighted by Gasteiger charge is -2.24. The highest BCUT2D eigenvalue weighted by Crippen LogP contribution is 2.16. The molecule has 0 aliphatic rings. The monoisotopic (exact) mass is 282 g/mol. The van der Waals surface area contributed by atoms with Crippen molar-refractivity contribution in [2.45, 2.75) is 39.3 Å². The predicted molar refractivity (Wildman–Crippen MR) is 77.2 cm³/mol. The molecule has 0 atom stereocenters. The molecule has 2 N–H and O–H groups in total. The van der Waals surface area contributed by atoms with E-state index in [0.29, 0.717) is 12.3 Å². The van der Waals surface area contributed by atoms with Crippen LogP contribution in [0.25, 0.3) is 0 Å². The molecule has 0 radical (unpaired) electrons. The number of halogens is 1. The first kappa shape index (κ1) is 16.4. The molecule has 0 aliphatic heterocycles. The van der Waals surface area contributed by atoms with E-state index in [4.69, 9.17) is 4.74 Å². The second-order valence-corrected chi connectivity index (χ2v) is 5.40. The highest BCUT2D eigenvalue weighted by Gasteiger charge is 2.17. The van der Waals surface area contributed by atoms with E-state index in [0.717, 1.165) is 12.0 Å². The molecule has 20 heavy (non-hydrogen) atoms. The van der Waals surface area contributed by atoms with E-state index in [1.54, 1.807) is 13.1 Å². The molecule has 0 bridgehead atoms. The van der Waals surface area contributed by atoms with Crippen LogP contribution in [0.1, 0.15) is 32.8 Å². The summed E-state index contributed by atoms with van der Waals surface area (Å²) in [6.07, 6.45) is 0.824. The third-order valence-corrected chi connectivity index (χ3v) is 3.04. The van der Waals surface area contributed by atoms with E-state index in [1.807, 2.05) is 20.8 Å². The Morgan fingerprint density at radius 3 is 2.65 bits per heavy atom. The van der Waals surface area contributed by atoms with E-state index in [9.17, 15) is 9.18 Å². The van der Waals surface area contributed by atoms with Crippen molar-refractivity contribution in [1.82, 2.24) is 10.6 Å². The molecule has 1 rings (SSSR count). The topological polar surface area (TPSA) is 50.4 Å². The SMILES string of the molecule is CCC(C)(C)NC(=O)COc1cc(F)cc(CNC)c1. The third-order valence-electron chi connectivity index (χ3n) is 3.04. The summed E-state index contributed by atoms with van der Waals surface area (Å²) in [5.74, 6) is -0.224. The number of nitrogens with one attached hydrogen (secondary N) is 2. The van der Waals surface area contributed by atoms with Crippen molar-refractivity contribution in [3.8, 4) is 5.75 Å². The molecule has 0 fully saturated rings. The van der Waals surface area contributed by atoms with Gasteiger partial charge in [-0.3, -0.25) is 4.79 Å². The van der Waals surface area contributed by atoms with Gasteiger partial charge < -0.3 is 15.4 Å². The largest absolute Gasteiger partial charge is 0.484 e. The van der Waals surface area contributed by atoms with Crippen molar-refractivity contribution < 1.29 is 13.9 Å². The molecule has 0 saturated carbocycles. The molecular weight excluding hydrogens is 259 g/mol. The lowest BCUT2D eigenvalue weighted by atomic mass is 10.0. The van der Waals surface area contributed by atoms with Crippen molar-refractivity contribution in [2.24, 2.45) is 0 Å². The first-order chi connectivity index (χ1) is 9.36. The highest BCUT2D eigenvalue weighted by atomic mass is 19.1. The summed E-state index contributed by atoms with van der Waals surface area (Å²) in [5.41, 5.74) is 0.511. The fraction of sp³-hybridized carbons (Fsp3) is 0.533. The van der Waals surface area contributed by atoms with Crippen LogP contribution >= 0.6 is 0 Å². The number of benzene rings is 1. The van der Waals surface area contributed by atoms with Crippen LogP contribution in [-0.2, 0) is 11.3 Å². The fourth-order valence-electron chi connectivity index (χ4n) is 1.66. The van der Waals surface area contributed by atoms with Gasteiger partial charge in [-0.2, -0.15) is 0 Å². The maximum Gasteiger partial charge on any atom is 0.258 e. The number of carbonyl (C=O) groups is 1. The molecule has 0 heterocycles. The molecule has 0 unspecified atom stereocenters. The van der Waals surface area contributed by atoms with E-state index in [2.05, 4.69) is 10.6 Å². The van der Waals surface area contributed by atoms with Crippen LogP contribution in [0.3, 0.4) is 0 Å². The van der Waals surface area contributed by atoms with Crippen molar-refractivity contribution in [1.29, 1.82) is 0 Å². The number of hydrogen-bond donors (Lipinski definition) is 2. The lowest BCUT2D eigenvalue weighted by Crippen LogP contribution is -2.44. The number of amides is 1. The fourth-order valence-corrected chi connectivity index (χ4v) is 1.66. The quantitative estimate of drug-likeness (QED) is 0.806. The first-order valence-corrected chi connectivity index (χ1v) is 6.74. The van der Waals surface area contributed by atoms with Gasteiger partial charge in [0, 0.05) is 18.2 Å². The Hall–Kier alpha value is -1.62. The van der Waals surface area contributed by atoms with Gasteiger partial charge in [0.15, 0.2) is 6.61 Å². The van der Waals surface area contributed by atoms with Crippen LogP contribution in [0.5, 0.6) is 5.75 Å². The van der Waals surface area contributed by atoms with Crippen LogP contribution in [-0.4, -0.2) is 25.1 Å². The summed E-state index contributed by atoms with van der Waals surface area (Å²) in [6, 6.07) is 4.43. The molecular formula is C15H23FN2O2. The Kier molecular flexibility index (Phi) is 5.95. The lowest BCUT2D eigenvalue weighted by molar-refractivity contribution is -0.124. The molecule has 1 aromatic carbocycles.